The first-order valence-corrected chi connectivity index (χ1v) is 9.38. The van der Waals surface area contributed by atoms with Crippen molar-refractivity contribution in [1.82, 2.24) is 9.55 Å². The normalized spacial score (nSPS) is 11.1. The fourth-order valence-corrected chi connectivity index (χ4v) is 4.54. The Kier molecular flexibility index (Phi) is 4.55. The molecular formula is C14H10Br4N4. The van der Waals surface area contributed by atoms with Crippen molar-refractivity contribution in [3.63, 3.8) is 0 Å². The molecule has 114 valence electrons. The zero-order chi connectivity index (χ0) is 16.0. The molecule has 22 heavy (non-hydrogen) atoms. The van der Waals surface area contributed by atoms with Gasteiger partial charge in [0.15, 0.2) is 0 Å². The number of anilines is 3. The maximum Gasteiger partial charge on any atom is 0.208 e. The van der Waals surface area contributed by atoms with Crippen LogP contribution >= 0.6 is 63.7 Å². The fraction of sp³-hybridized carbons (Fsp3) is 0.0714. The third-order valence-corrected chi connectivity index (χ3v) is 7.98. The van der Waals surface area contributed by atoms with Crippen LogP contribution in [0.2, 0.25) is 0 Å². The highest BCUT2D eigenvalue weighted by Crippen LogP contribution is 2.44. The lowest BCUT2D eigenvalue weighted by molar-refractivity contribution is 0.956. The van der Waals surface area contributed by atoms with Gasteiger partial charge in [-0.05, 0) is 88.0 Å². The van der Waals surface area contributed by atoms with E-state index in [2.05, 4.69) is 74.0 Å². The van der Waals surface area contributed by atoms with Crippen LogP contribution < -0.4 is 11.1 Å². The fourth-order valence-electron chi connectivity index (χ4n) is 2.11. The molecule has 0 aliphatic carbocycles. The molecule has 3 aromatic rings. The third-order valence-electron chi connectivity index (χ3n) is 3.26. The van der Waals surface area contributed by atoms with Crippen molar-refractivity contribution in [2.24, 2.45) is 7.05 Å². The zero-order valence-electron chi connectivity index (χ0n) is 11.3. The molecular weight excluding hydrogens is 544 g/mol. The van der Waals surface area contributed by atoms with E-state index in [9.17, 15) is 0 Å². The molecule has 2 aromatic carbocycles. The second-order valence-corrected chi connectivity index (χ2v) is 7.87. The number of hydrogen-bond donors (Lipinski definition) is 2. The van der Waals surface area contributed by atoms with Gasteiger partial charge >= 0.3 is 0 Å². The smallest absolute Gasteiger partial charge is 0.208 e. The minimum Gasteiger partial charge on any atom is -0.399 e. The van der Waals surface area contributed by atoms with Gasteiger partial charge in [0.1, 0.15) is 5.52 Å². The van der Waals surface area contributed by atoms with Crippen LogP contribution in [0.5, 0.6) is 0 Å². The molecule has 1 heterocycles. The molecule has 0 spiro atoms. The molecule has 1 aromatic heterocycles. The number of benzene rings is 2. The van der Waals surface area contributed by atoms with Gasteiger partial charge in [-0.2, -0.15) is 0 Å². The zero-order valence-corrected chi connectivity index (χ0v) is 17.6. The summed E-state index contributed by atoms with van der Waals surface area (Å²) in [5, 5.41) is 3.31. The van der Waals surface area contributed by atoms with Crippen LogP contribution in [-0.2, 0) is 7.05 Å². The molecule has 0 saturated carbocycles. The summed E-state index contributed by atoms with van der Waals surface area (Å²) in [5.74, 6) is 0.742. The van der Waals surface area contributed by atoms with Gasteiger partial charge in [-0.25, -0.2) is 4.98 Å². The number of nitrogens with zero attached hydrogens (tertiary/aromatic N) is 2. The van der Waals surface area contributed by atoms with E-state index in [0.717, 1.165) is 46.2 Å². The molecule has 0 unspecified atom stereocenters. The minimum absolute atomic E-state index is 0.730. The lowest BCUT2D eigenvalue weighted by Gasteiger charge is -2.08. The first-order valence-electron chi connectivity index (χ1n) is 6.21. The maximum absolute atomic E-state index is 5.71. The van der Waals surface area contributed by atoms with Crippen LogP contribution in [0.25, 0.3) is 11.0 Å². The molecule has 0 amide bonds. The Balaban J connectivity index is 2.16. The molecule has 3 N–H and O–H groups in total. The second-order valence-electron chi connectivity index (χ2n) is 4.69. The highest BCUT2D eigenvalue weighted by molar-refractivity contribution is 9.15. The van der Waals surface area contributed by atoms with E-state index in [-0.39, 0.29) is 0 Å². The Hall–Kier alpha value is -0.570. The minimum atomic E-state index is 0.730. The van der Waals surface area contributed by atoms with Crippen molar-refractivity contribution in [2.45, 2.75) is 0 Å². The molecule has 0 saturated heterocycles. The van der Waals surface area contributed by atoms with Crippen LogP contribution in [0.1, 0.15) is 0 Å². The van der Waals surface area contributed by atoms with Crippen molar-refractivity contribution in [2.75, 3.05) is 11.1 Å². The third kappa shape index (κ3) is 2.70. The van der Waals surface area contributed by atoms with E-state index >= 15 is 0 Å². The lowest BCUT2D eigenvalue weighted by Crippen LogP contribution is -1.99. The Labute approximate surface area is 161 Å². The number of aromatic nitrogens is 2. The van der Waals surface area contributed by atoms with Crippen LogP contribution in [-0.4, -0.2) is 9.55 Å². The number of nitrogens with two attached hydrogens (primary N) is 1. The van der Waals surface area contributed by atoms with Crippen molar-refractivity contribution in [3.05, 3.63) is 42.2 Å². The maximum atomic E-state index is 5.71. The number of rotatable bonds is 2. The summed E-state index contributed by atoms with van der Waals surface area (Å²) in [6.45, 7) is 0. The van der Waals surface area contributed by atoms with Crippen molar-refractivity contribution < 1.29 is 0 Å². The van der Waals surface area contributed by atoms with Crippen LogP contribution in [0.4, 0.5) is 17.3 Å². The Morgan fingerprint density at radius 2 is 1.55 bits per heavy atom. The predicted molar refractivity (Wildman–Crippen MR) is 106 cm³/mol. The van der Waals surface area contributed by atoms with E-state index in [4.69, 9.17) is 5.73 Å². The summed E-state index contributed by atoms with van der Waals surface area (Å²) in [6, 6.07) is 7.54. The van der Waals surface area contributed by atoms with Crippen LogP contribution in [0, 0.1) is 0 Å². The average Bonchev–Trinajstić information content (AvgIpc) is 2.82. The summed E-state index contributed by atoms with van der Waals surface area (Å²) in [5.41, 5.74) is 9.22. The van der Waals surface area contributed by atoms with Crippen molar-refractivity contribution in [1.29, 1.82) is 0 Å². The monoisotopic (exact) mass is 550 g/mol. The quantitative estimate of drug-likeness (QED) is 0.234. The number of aryl methyl sites for hydroxylation is 1. The van der Waals surface area contributed by atoms with E-state index in [1.165, 1.54) is 0 Å². The number of fused-ring (bicyclic) bond motifs is 1. The SMILES string of the molecule is Cn1c(Nc2ccc(N)cc2)nc2c(Br)c(Br)c(Br)c(Br)c21. The summed E-state index contributed by atoms with van der Waals surface area (Å²) < 4.78 is 5.70. The number of imidazole rings is 1. The van der Waals surface area contributed by atoms with Gasteiger partial charge in [0, 0.05) is 27.4 Å². The number of halogens is 4. The van der Waals surface area contributed by atoms with Crippen LogP contribution in [0.15, 0.2) is 42.2 Å². The Morgan fingerprint density at radius 3 is 2.18 bits per heavy atom. The molecule has 0 fully saturated rings. The van der Waals surface area contributed by atoms with E-state index < -0.39 is 0 Å². The predicted octanol–water partition coefficient (Wildman–Crippen LogP) is 5.95. The van der Waals surface area contributed by atoms with Gasteiger partial charge in [0.2, 0.25) is 5.95 Å². The first kappa shape index (κ1) is 16.3. The van der Waals surface area contributed by atoms with Crippen molar-refractivity contribution in [3.8, 4) is 0 Å². The number of nitrogens with one attached hydrogen (secondary N) is 1. The van der Waals surface area contributed by atoms with Gasteiger partial charge in [-0.3, -0.25) is 0 Å². The molecule has 0 aliphatic heterocycles. The number of nitrogen functional groups attached to an aromatic ring is 1. The average molecular weight is 554 g/mol. The lowest BCUT2D eigenvalue weighted by atomic mass is 10.3. The number of hydrogen-bond acceptors (Lipinski definition) is 3. The molecule has 0 aliphatic rings. The van der Waals surface area contributed by atoms with Gasteiger partial charge in [0.05, 0.1) is 14.5 Å². The molecule has 0 radical (unpaired) electrons. The standard InChI is InChI=1S/C14H10Br4N4/c1-22-13-11(18)9(16)8(15)10(17)12(13)21-14(22)20-7-4-2-6(19)3-5-7/h2-5H,19H2,1H3,(H,20,21). The largest absolute Gasteiger partial charge is 0.399 e. The topological polar surface area (TPSA) is 55.9 Å². The van der Waals surface area contributed by atoms with Gasteiger partial charge in [0.25, 0.3) is 0 Å². The summed E-state index contributed by atoms with van der Waals surface area (Å²) in [4.78, 5) is 4.69. The second kappa shape index (κ2) is 6.14. The highest BCUT2D eigenvalue weighted by Gasteiger charge is 2.19. The van der Waals surface area contributed by atoms with Gasteiger partial charge in [-0.15, -0.1) is 0 Å². The molecule has 0 bridgehead atoms. The van der Waals surface area contributed by atoms with E-state index in [1.807, 2.05) is 35.9 Å². The Morgan fingerprint density at radius 1 is 0.955 bits per heavy atom. The first-order chi connectivity index (χ1) is 10.4. The summed E-state index contributed by atoms with van der Waals surface area (Å²) in [6.07, 6.45) is 0. The highest BCUT2D eigenvalue weighted by atomic mass is 79.9. The van der Waals surface area contributed by atoms with Crippen LogP contribution in [0.3, 0.4) is 0 Å². The molecule has 4 nitrogen and oxygen atoms in total. The molecule has 0 atom stereocenters. The molecule has 3 rings (SSSR count). The van der Waals surface area contributed by atoms with E-state index in [0.29, 0.717) is 0 Å². The summed E-state index contributed by atoms with van der Waals surface area (Å²) >= 11 is 14.3. The van der Waals surface area contributed by atoms with Gasteiger partial charge in [-0.1, -0.05) is 0 Å². The Bertz CT molecular complexity index is 871. The van der Waals surface area contributed by atoms with E-state index in [1.54, 1.807) is 0 Å². The summed E-state index contributed by atoms with van der Waals surface area (Å²) in [7, 11) is 1.96. The molecule has 8 heteroatoms. The van der Waals surface area contributed by atoms with Crippen molar-refractivity contribution >= 4 is 92.1 Å². The van der Waals surface area contributed by atoms with Gasteiger partial charge < -0.3 is 15.6 Å².